The van der Waals surface area contributed by atoms with E-state index < -0.39 is 40.8 Å². The molecule has 2 saturated heterocycles. The Labute approximate surface area is 296 Å². The molecule has 51 heavy (non-hydrogen) atoms. The lowest BCUT2D eigenvalue weighted by molar-refractivity contribution is 0.0215. The Bertz CT molecular complexity index is 2110. The van der Waals surface area contributed by atoms with E-state index in [1.807, 2.05) is 20.8 Å². The third kappa shape index (κ3) is 7.21. The highest BCUT2D eigenvalue weighted by atomic mass is 32.2. The van der Waals surface area contributed by atoms with Crippen LogP contribution in [-0.2, 0) is 14.8 Å². The van der Waals surface area contributed by atoms with Crippen molar-refractivity contribution in [3.8, 4) is 22.5 Å². The lowest BCUT2D eigenvalue weighted by Crippen LogP contribution is -2.43. The summed E-state index contributed by atoms with van der Waals surface area (Å²) < 4.78 is 66.5. The number of nitrogens with zero attached hydrogens (tertiary/aromatic N) is 3. The molecule has 0 radical (unpaired) electrons. The van der Waals surface area contributed by atoms with Crippen molar-refractivity contribution in [1.82, 2.24) is 9.80 Å². The fourth-order valence-electron chi connectivity index (χ4n) is 7.05. The fraction of sp³-hybridized carbons (Fsp3) is 0.395. The highest BCUT2D eigenvalue weighted by Crippen LogP contribution is 2.42. The number of Topliss-reactive ketones (excluding diaryl/α,β-unsaturated/α-hetero) is 1. The van der Waals surface area contributed by atoms with Crippen LogP contribution in [0, 0.1) is 11.7 Å². The zero-order chi connectivity index (χ0) is 36.8. The van der Waals surface area contributed by atoms with Gasteiger partial charge in [-0.25, -0.2) is 22.0 Å². The first kappa shape index (κ1) is 36.0. The maximum absolute atomic E-state index is 14.0. The number of amides is 2. The minimum atomic E-state index is -4.01. The van der Waals surface area contributed by atoms with Crippen LogP contribution in [0.4, 0.5) is 19.3 Å². The number of carbonyl (C=O) groups is 3. The SMILES string of the molecule is CCC(=O)c1c(-c2ccc(F)cc2)oc2cc(N(CCF)S(C)(=O)=O)c(-c3cccc(C(=O)N4CC5CCN(C(=O)OC(C)(C)C)C5C4)c3)cc12. The van der Waals surface area contributed by atoms with E-state index >= 15 is 0 Å². The smallest absolute Gasteiger partial charge is 0.410 e. The predicted octanol–water partition coefficient (Wildman–Crippen LogP) is 7.32. The zero-order valence-electron chi connectivity index (χ0n) is 29.2. The Morgan fingerprint density at radius 2 is 1.75 bits per heavy atom. The van der Waals surface area contributed by atoms with Gasteiger partial charge in [0.2, 0.25) is 10.0 Å². The Morgan fingerprint density at radius 1 is 1.02 bits per heavy atom. The van der Waals surface area contributed by atoms with Gasteiger partial charge in [0.25, 0.3) is 5.91 Å². The van der Waals surface area contributed by atoms with E-state index in [9.17, 15) is 31.6 Å². The normalized spacial score (nSPS) is 17.5. The number of ether oxygens (including phenoxy) is 1. The van der Waals surface area contributed by atoms with Crippen molar-refractivity contribution < 1.29 is 40.7 Å². The maximum atomic E-state index is 14.0. The monoisotopic (exact) mass is 721 g/mol. The van der Waals surface area contributed by atoms with Gasteiger partial charge in [-0.15, -0.1) is 0 Å². The number of fused-ring (bicyclic) bond motifs is 2. The second-order valence-electron chi connectivity index (χ2n) is 14.1. The molecule has 0 bridgehead atoms. The van der Waals surface area contributed by atoms with E-state index in [1.165, 1.54) is 30.3 Å². The molecule has 6 rings (SSSR count). The molecule has 0 spiro atoms. The van der Waals surface area contributed by atoms with Gasteiger partial charge in [0, 0.05) is 60.1 Å². The van der Waals surface area contributed by atoms with Crippen molar-refractivity contribution in [3.05, 3.63) is 77.6 Å². The molecule has 13 heteroatoms. The summed E-state index contributed by atoms with van der Waals surface area (Å²) in [4.78, 5) is 43.7. The second kappa shape index (κ2) is 13.7. The number of rotatable bonds is 9. The lowest BCUT2D eigenvalue weighted by atomic mass is 9.95. The third-order valence-corrected chi connectivity index (χ3v) is 10.5. The van der Waals surface area contributed by atoms with E-state index in [-0.39, 0.29) is 52.7 Å². The average Bonchev–Trinajstić information content (AvgIpc) is 3.78. The summed E-state index contributed by atoms with van der Waals surface area (Å²) >= 11 is 0. The number of hydrogen-bond donors (Lipinski definition) is 0. The number of alkyl halides is 1. The van der Waals surface area contributed by atoms with Crippen LogP contribution < -0.4 is 4.31 Å². The van der Waals surface area contributed by atoms with Crippen molar-refractivity contribution in [3.63, 3.8) is 0 Å². The van der Waals surface area contributed by atoms with Crippen LogP contribution in [-0.4, -0.2) is 86.8 Å². The predicted molar refractivity (Wildman–Crippen MR) is 191 cm³/mol. The molecular weight excluding hydrogens is 680 g/mol. The van der Waals surface area contributed by atoms with Crippen LogP contribution in [0.5, 0.6) is 0 Å². The van der Waals surface area contributed by atoms with Gasteiger partial charge < -0.3 is 19.0 Å². The van der Waals surface area contributed by atoms with Gasteiger partial charge in [-0.2, -0.15) is 0 Å². The van der Waals surface area contributed by atoms with Gasteiger partial charge in [0.05, 0.1) is 30.1 Å². The van der Waals surface area contributed by atoms with E-state index in [2.05, 4.69) is 0 Å². The molecule has 2 amide bonds. The number of sulfonamides is 1. The molecule has 4 aromatic rings. The lowest BCUT2D eigenvalue weighted by Gasteiger charge is -2.28. The molecule has 0 N–H and O–H groups in total. The fourth-order valence-corrected chi connectivity index (χ4v) is 7.96. The molecule has 2 aliphatic rings. The van der Waals surface area contributed by atoms with Crippen molar-refractivity contribution in [2.45, 2.75) is 52.2 Å². The van der Waals surface area contributed by atoms with Crippen LogP contribution in [0.15, 0.2) is 65.1 Å². The van der Waals surface area contributed by atoms with Crippen molar-refractivity contribution >= 4 is 44.5 Å². The quantitative estimate of drug-likeness (QED) is 0.166. The number of furan rings is 1. The summed E-state index contributed by atoms with van der Waals surface area (Å²) in [6.07, 6.45) is 1.45. The van der Waals surface area contributed by atoms with Gasteiger partial charge in [-0.3, -0.25) is 13.9 Å². The minimum Gasteiger partial charge on any atom is -0.455 e. The number of benzene rings is 3. The van der Waals surface area contributed by atoms with Crippen LogP contribution in [0.2, 0.25) is 0 Å². The summed E-state index contributed by atoms with van der Waals surface area (Å²) in [5, 5.41) is 0.389. The van der Waals surface area contributed by atoms with Crippen molar-refractivity contribution in [2.75, 3.05) is 43.4 Å². The first-order chi connectivity index (χ1) is 24.1. The van der Waals surface area contributed by atoms with Gasteiger partial charge in [-0.05, 0) is 75.2 Å². The zero-order valence-corrected chi connectivity index (χ0v) is 30.1. The third-order valence-electron chi connectivity index (χ3n) is 9.35. The van der Waals surface area contributed by atoms with Gasteiger partial charge in [-0.1, -0.05) is 19.1 Å². The largest absolute Gasteiger partial charge is 0.455 e. The summed E-state index contributed by atoms with van der Waals surface area (Å²) in [6, 6.07) is 15.1. The van der Waals surface area contributed by atoms with E-state index in [4.69, 9.17) is 9.15 Å². The highest BCUT2D eigenvalue weighted by molar-refractivity contribution is 7.92. The summed E-state index contributed by atoms with van der Waals surface area (Å²) in [7, 11) is -4.01. The average molecular weight is 722 g/mol. The maximum Gasteiger partial charge on any atom is 0.410 e. The van der Waals surface area contributed by atoms with E-state index in [0.717, 1.165) is 17.0 Å². The molecule has 0 saturated carbocycles. The van der Waals surface area contributed by atoms with Crippen LogP contribution >= 0.6 is 0 Å². The number of halogens is 2. The first-order valence-corrected chi connectivity index (χ1v) is 18.8. The number of hydrogen-bond acceptors (Lipinski definition) is 7. The Kier molecular flexibility index (Phi) is 9.71. The Morgan fingerprint density at radius 3 is 2.39 bits per heavy atom. The molecule has 2 atom stereocenters. The van der Waals surface area contributed by atoms with Gasteiger partial charge in [0.15, 0.2) is 5.78 Å². The second-order valence-corrected chi connectivity index (χ2v) is 16.0. The number of ketones is 1. The molecule has 3 heterocycles. The topological polar surface area (TPSA) is 117 Å². The molecule has 2 fully saturated rings. The minimum absolute atomic E-state index is 0.103. The van der Waals surface area contributed by atoms with Crippen molar-refractivity contribution in [1.29, 1.82) is 0 Å². The van der Waals surface area contributed by atoms with Crippen molar-refractivity contribution in [2.24, 2.45) is 5.92 Å². The van der Waals surface area contributed by atoms with Crippen LogP contribution in [0.3, 0.4) is 0 Å². The molecule has 0 aliphatic carbocycles. The molecule has 1 aromatic heterocycles. The highest BCUT2D eigenvalue weighted by Gasteiger charge is 2.46. The van der Waals surface area contributed by atoms with Crippen LogP contribution in [0.25, 0.3) is 33.4 Å². The molecule has 2 aliphatic heterocycles. The van der Waals surface area contributed by atoms with E-state index in [0.29, 0.717) is 47.3 Å². The first-order valence-electron chi connectivity index (χ1n) is 16.9. The van der Waals surface area contributed by atoms with Gasteiger partial charge in [0.1, 0.15) is 29.4 Å². The number of likely N-dealkylation sites (tertiary alicyclic amines) is 2. The molecule has 2 unspecified atom stereocenters. The van der Waals surface area contributed by atoms with Crippen LogP contribution in [0.1, 0.15) is 61.3 Å². The Hall–Kier alpha value is -4.78. The van der Waals surface area contributed by atoms with E-state index in [1.54, 1.807) is 47.1 Å². The molecule has 10 nitrogen and oxygen atoms in total. The Balaban J connectivity index is 1.43. The molecule has 3 aromatic carbocycles. The van der Waals surface area contributed by atoms with Gasteiger partial charge >= 0.3 is 6.09 Å². The number of carbonyl (C=O) groups excluding carboxylic acids is 3. The number of anilines is 1. The molecular formula is C38H41F2N3O7S. The summed E-state index contributed by atoms with van der Waals surface area (Å²) in [5.74, 6) is -0.677. The summed E-state index contributed by atoms with van der Waals surface area (Å²) in [5.41, 5.74) is 1.46. The summed E-state index contributed by atoms with van der Waals surface area (Å²) in [6.45, 7) is 7.04. The standard InChI is InChI=1S/C38H41F2N3O7S/c1-6-32(44)34-29-19-28(30(43(17-15-39)51(5,47)48)20-33(29)49-35(34)23-10-12-27(40)13-11-23)24-8-7-9-25(18-24)36(45)41-21-26-14-16-42(31(26)22-41)37(46)50-38(2,3)4/h7-13,18-20,26,31H,6,14-17,21-22H2,1-5H3. The molecule has 270 valence electrons.